The van der Waals surface area contributed by atoms with Crippen LogP contribution < -0.4 is 10.1 Å². The predicted octanol–water partition coefficient (Wildman–Crippen LogP) is 4.16. The Bertz CT molecular complexity index is 868. The molecule has 5 nitrogen and oxygen atoms in total. The van der Waals surface area contributed by atoms with Gasteiger partial charge < -0.3 is 19.4 Å². The van der Waals surface area contributed by atoms with Crippen molar-refractivity contribution >= 4 is 22.6 Å². The molecule has 0 aliphatic carbocycles. The lowest BCUT2D eigenvalue weighted by atomic mass is 10.0. The highest BCUT2D eigenvalue weighted by atomic mass is 16.5. The van der Waals surface area contributed by atoms with Crippen LogP contribution in [0.2, 0.25) is 0 Å². The van der Waals surface area contributed by atoms with Gasteiger partial charge in [0.2, 0.25) is 0 Å². The van der Waals surface area contributed by atoms with Gasteiger partial charge in [0.25, 0.3) is 5.91 Å². The van der Waals surface area contributed by atoms with Gasteiger partial charge in [-0.25, -0.2) is 0 Å². The van der Waals surface area contributed by atoms with Crippen LogP contribution in [0.3, 0.4) is 0 Å². The molecular formula is C21H22N2O3. The molecule has 1 fully saturated rings. The van der Waals surface area contributed by atoms with E-state index in [1.165, 1.54) is 0 Å². The van der Waals surface area contributed by atoms with Gasteiger partial charge in [-0.3, -0.25) is 4.79 Å². The Hall–Kier alpha value is -2.95. The second kappa shape index (κ2) is 7.12. The normalized spacial score (nSPS) is 17.3. The van der Waals surface area contributed by atoms with E-state index < -0.39 is 0 Å². The Morgan fingerprint density at radius 3 is 2.77 bits per heavy atom. The molecule has 1 aliphatic rings. The lowest BCUT2D eigenvalue weighted by Crippen LogP contribution is -2.45. The third kappa shape index (κ3) is 3.38. The quantitative estimate of drug-likeness (QED) is 0.768. The van der Waals surface area contributed by atoms with Crippen molar-refractivity contribution in [3.63, 3.8) is 0 Å². The number of hydrogen-bond acceptors (Lipinski definition) is 4. The van der Waals surface area contributed by atoms with Crippen molar-refractivity contribution in [2.24, 2.45) is 0 Å². The van der Waals surface area contributed by atoms with Crippen molar-refractivity contribution in [2.45, 2.75) is 18.9 Å². The van der Waals surface area contributed by atoms with Crippen LogP contribution in [0.4, 0.5) is 5.69 Å². The smallest absolute Gasteiger partial charge is 0.289 e. The van der Waals surface area contributed by atoms with E-state index in [1.807, 2.05) is 59.5 Å². The van der Waals surface area contributed by atoms with Gasteiger partial charge in [0.15, 0.2) is 5.76 Å². The van der Waals surface area contributed by atoms with Gasteiger partial charge in [0.1, 0.15) is 11.3 Å². The van der Waals surface area contributed by atoms with Crippen molar-refractivity contribution < 1.29 is 13.9 Å². The summed E-state index contributed by atoms with van der Waals surface area (Å²) in [5.41, 5.74) is 1.79. The van der Waals surface area contributed by atoms with Crippen LogP contribution >= 0.6 is 0 Å². The number of nitrogens with one attached hydrogen (secondary N) is 1. The minimum atomic E-state index is -0.0394. The zero-order valence-electron chi connectivity index (χ0n) is 14.8. The van der Waals surface area contributed by atoms with Crippen molar-refractivity contribution in [2.75, 3.05) is 25.5 Å². The predicted molar refractivity (Wildman–Crippen MR) is 102 cm³/mol. The molecule has 5 heteroatoms. The summed E-state index contributed by atoms with van der Waals surface area (Å²) in [7, 11) is 1.66. The highest BCUT2D eigenvalue weighted by Gasteiger charge is 2.26. The lowest BCUT2D eigenvalue weighted by Gasteiger charge is -2.33. The summed E-state index contributed by atoms with van der Waals surface area (Å²) in [4.78, 5) is 14.7. The molecule has 1 aliphatic heterocycles. The number of fused-ring (bicyclic) bond motifs is 1. The largest absolute Gasteiger partial charge is 0.497 e. The summed E-state index contributed by atoms with van der Waals surface area (Å²) >= 11 is 0. The molecule has 1 N–H and O–H groups in total. The Morgan fingerprint density at radius 1 is 1.19 bits per heavy atom. The van der Waals surface area contributed by atoms with Crippen LogP contribution in [0.5, 0.6) is 5.75 Å². The number of nitrogens with zero attached hydrogens (tertiary/aromatic N) is 1. The van der Waals surface area contributed by atoms with E-state index in [4.69, 9.17) is 9.15 Å². The first-order chi connectivity index (χ1) is 12.7. The van der Waals surface area contributed by atoms with E-state index in [0.717, 1.165) is 41.8 Å². The first-order valence-corrected chi connectivity index (χ1v) is 8.91. The van der Waals surface area contributed by atoms with Crippen molar-refractivity contribution in [3.8, 4) is 5.75 Å². The molecule has 134 valence electrons. The van der Waals surface area contributed by atoms with Gasteiger partial charge in [0, 0.05) is 30.2 Å². The summed E-state index contributed by atoms with van der Waals surface area (Å²) in [6.07, 6.45) is 2.01. The maximum Gasteiger partial charge on any atom is 0.289 e. The molecule has 0 saturated carbocycles. The molecule has 0 spiro atoms. The number of likely N-dealkylation sites (tertiary alicyclic amines) is 1. The van der Waals surface area contributed by atoms with E-state index in [1.54, 1.807) is 7.11 Å². The number of anilines is 1. The molecule has 0 radical (unpaired) electrons. The minimum absolute atomic E-state index is 0.0394. The zero-order valence-corrected chi connectivity index (χ0v) is 14.8. The number of amides is 1. The molecule has 1 aromatic heterocycles. The van der Waals surface area contributed by atoms with Crippen LogP contribution in [0.25, 0.3) is 11.0 Å². The fourth-order valence-electron chi connectivity index (χ4n) is 3.45. The van der Waals surface area contributed by atoms with E-state index in [2.05, 4.69) is 5.32 Å². The second-order valence-corrected chi connectivity index (χ2v) is 6.61. The molecule has 2 aromatic carbocycles. The van der Waals surface area contributed by atoms with Crippen molar-refractivity contribution in [1.29, 1.82) is 0 Å². The van der Waals surface area contributed by atoms with E-state index in [9.17, 15) is 4.79 Å². The Kier molecular flexibility index (Phi) is 4.52. The van der Waals surface area contributed by atoms with Crippen LogP contribution in [0.1, 0.15) is 23.4 Å². The monoisotopic (exact) mass is 350 g/mol. The molecule has 1 amide bonds. The second-order valence-electron chi connectivity index (χ2n) is 6.61. The fraction of sp³-hybridized carbons (Fsp3) is 0.286. The third-order valence-electron chi connectivity index (χ3n) is 4.81. The van der Waals surface area contributed by atoms with Gasteiger partial charge in [-0.15, -0.1) is 0 Å². The fourth-order valence-corrected chi connectivity index (χ4v) is 3.45. The maximum absolute atomic E-state index is 12.8. The number of benzene rings is 2. The molecule has 2 heterocycles. The van der Waals surface area contributed by atoms with Crippen LogP contribution in [-0.2, 0) is 0 Å². The van der Waals surface area contributed by atoms with E-state index in [-0.39, 0.29) is 11.9 Å². The summed E-state index contributed by atoms with van der Waals surface area (Å²) in [6, 6.07) is 17.6. The van der Waals surface area contributed by atoms with Crippen molar-refractivity contribution in [1.82, 2.24) is 4.90 Å². The third-order valence-corrected chi connectivity index (χ3v) is 4.81. The number of rotatable bonds is 4. The lowest BCUT2D eigenvalue weighted by molar-refractivity contribution is 0.0685. The molecule has 3 aromatic rings. The molecule has 0 unspecified atom stereocenters. The number of methoxy groups -OCH3 is 1. The van der Waals surface area contributed by atoms with Gasteiger partial charge in [-0.05, 0) is 49.2 Å². The summed E-state index contributed by atoms with van der Waals surface area (Å²) in [5, 5.41) is 4.47. The summed E-state index contributed by atoms with van der Waals surface area (Å²) < 4.78 is 10.9. The van der Waals surface area contributed by atoms with Crippen LogP contribution in [0.15, 0.2) is 59.0 Å². The Morgan fingerprint density at radius 2 is 2.00 bits per heavy atom. The first-order valence-electron chi connectivity index (χ1n) is 8.91. The standard InChI is InChI=1S/C21H22N2O3/c1-25-18-10-8-16(9-11-18)22-17-6-4-12-23(14-17)21(24)20-13-15-5-2-3-7-19(15)26-20/h2-3,5,7-11,13,17,22H,4,6,12,14H2,1H3/t17-/m0/s1. The van der Waals surface area contributed by atoms with Gasteiger partial charge in [-0.1, -0.05) is 18.2 Å². The molecular weight excluding hydrogens is 328 g/mol. The van der Waals surface area contributed by atoms with Crippen molar-refractivity contribution in [3.05, 3.63) is 60.4 Å². The highest BCUT2D eigenvalue weighted by Crippen LogP contribution is 2.23. The molecule has 1 saturated heterocycles. The number of ether oxygens (including phenoxy) is 1. The first kappa shape index (κ1) is 16.5. The van der Waals surface area contributed by atoms with Gasteiger partial charge in [-0.2, -0.15) is 0 Å². The minimum Gasteiger partial charge on any atom is -0.497 e. The number of piperidine rings is 1. The Balaban J connectivity index is 1.44. The van der Waals surface area contributed by atoms with Crippen LogP contribution in [-0.4, -0.2) is 37.0 Å². The average molecular weight is 350 g/mol. The number of carbonyl (C=O) groups excluding carboxylic acids is 1. The van der Waals surface area contributed by atoms with Gasteiger partial charge in [0.05, 0.1) is 7.11 Å². The van der Waals surface area contributed by atoms with Crippen LogP contribution in [0, 0.1) is 0 Å². The molecule has 4 rings (SSSR count). The highest BCUT2D eigenvalue weighted by molar-refractivity contribution is 5.96. The SMILES string of the molecule is COc1ccc(N[C@H]2CCCN(C(=O)c3cc4ccccc4o3)C2)cc1. The summed E-state index contributed by atoms with van der Waals surface area (Å²) in [5.74, 6) is 1.21. The Labute approximate surface area is 152 Å². The molecule has 0 bridgehead atoms. The van der Waals surface area contributed by atoms with E-state index >= 15 is 0 Å². The molecule has 26 heavy (non-hydrogen) atoms. The van der Waals surface area contributed by atoms with Gasteiger partial charge >= 0.3 is 0 Å². The zero-order chi connectivity index (χ0) is 17.9. The number of para-hydroxylation sites is 1. The number of carbonyl (C=O) groups is 1. The number of hydrogen-bond donors (Lipinski definition) is 1. The molecule has 1 atom stereocenters. The average Bonchev–Trinajstić information content (AvgIpc) is 3.12. The maximum atomic E-state index is 12.8. The van der Waals surface area contributed by atoms with E-state index in [0.29, 0.717) is 12.3 Å². The summed E-state index contributed by atoms with van der Waals surface area (Å²) in [6.45, 7) is 1.43. The number of furan rings is 1. The topological polar surface area (TPSA) is 54.7 Å².